The minimum atomic E-state index is -0.156. The van der Waals surface area contributed by atoms with E-state index in [-0.39, 0.29) is 6.03 Å². The number of unbranched alkanes of at least 4 members (excludes halogenated alkanes) is 2. The molecule has 0 saturated carbocycles. The molecule has 18 heavy (non-hydrogen) atoms. The molecule has 0 saturated heterocycles. The van der Waals surface area contributed by atoms with Gasteiger partial charge < -0.3 is 15.4 Å². The van der Waals surface area contributed by atoms with Gasteiger partial charge in [-0.05, 0) is 12.5 Å². The molecule has 1 aromatic rings. The van der Waals surface area contributed by atoms with Gasteiger partial charge in [0.05, 0.1) is 7.11 Å². The van der Waals surface area contributed by atoms with Gasteiger partial charge in [-0.1, -0.05) is 25.8 Å². The van der Waals surface area contributed by atoms with Gasteiger partial charge in [0.1, 0.15) is 0 Å². The van der Waals surface area contributed by atoms with Gasteiger partial charge in [0.15, 0.2) is 0 Å². The minimum absolute atomic E-state index is 0.156. The minimum Gasteiger partial charge on any atom is -0.481 e. The van der Waals surface area contributed by atoms with Crippen molar-refractivity contribution < 1.29 is 9.53 Å². The summed E-state index contributed by atoms with van der Waals surface area (Å²) in [6.07, 6.45) is 4.96. The van der Waals surface area contributed by atoms with Crippen LogP contribution in [0.3, 0.4) is 0 Å². The Morgan fingerprint density at radius 1 is 1.39 bits per heavy atom. The number of nitrogens with zero attached hydrogens (tertiary/aromatic N) is 1. The molecule has 0 unspecified atom stereocenters. The smallest absolute Gasteiger partial charge is 0.315 e. The van der Waals surface area contributed by atoms with Gasteiger partial charge in [0.25, 0.3) is 0 Å². The van der Waals surface area contributed by atoms with Gasteiger partial charge in [0, 0.05) is 24.8 Å². The van der Waals surface area contributed by atoms with Crippen molar-refractivity contribution in [1.29, 1.82) is 0 Å². The van der Waals surface area contributed by atoms with E-state index in [4.69, 9.17) is 4.74 Å². The summed E-state index contributed by atoms with van der Waals surface area (Å²) >= 11 is 0. The lowest BCUT2D eigenvalue weighted by Crippen LogP contribution is -2.35. The summed E-state index contributed by atoms with van der Waals surface area (Å²) in [7, 11) is 1.57. The van der Waals surface area contributed by atoms with Crippen molar-refractivity contribution in [2.24, 2.45) is 0 Å². The summed E-state index contributed by atoms with van der Waals surface area (Å²) in [6, 6.07) is 3.54. The molecule has 5 heteroatoms. The van der Waals surface area contributed by atoms with E-state index in [0.29, 0.717) is 19.0 Å². The van der Waals surface area contributed by atoms with E-state index in [0.717, 1.165) is 24.8 Å². The Kier molecular flexibility index (Phi) is 6.61. The number of ether oxygens (including phenoxy) is 1. The van der Waals surface area contributed by atoms with Crippen LogP contribution in [0.5, 0.6) is 5.88 Å². The molecule has 2 amide bonds. The molecule has 0 radical (unpaired) electrons. The average Bonchev–Trinajstić information content (AvgIpc) is 2.41. The van der Waals surface area contributed by atoms with Crippen molar-refractivity contribution in [3.8, 4) is 5.88 Å². The third kappa shape index (κ3) is 5.03. The lowest BCUT2D eigenvalue weighted by atomic mass is 10.2. The van der Waals surface area contributed by atoms with Crippen molar-refractivity contribution in [2.45, 2.75) is 32.7 Å². The number of carbonyl (C=O) groups is 1. The van der Waals surface area contributed by atoms with Crippen molar-refractivity contribution in [3.05, 3.63) is 23.9 Å². The SMILES string of the molecule is CCCCCNC(=O)NCc1cccnc1OC. The van der Waals surface area contributed by atoms with Crippen LogP contribution < -0.4 is 15.4 Å². The van der Waals surface area contributed by atoms with Crippen LogP contribution in [0.2, 0.25) is 0 Å². The van der Waals surface area contributed by atoms with Gasteiger partial charge in [-0.25, -0.2) is 9.78 Å². The van der Waals surface area contributed by atoms with Crippen LogP contribution in [0.25, 0.3) is 0 Å². The monoisotopic (exact) mass is 251 g/mol. The van der Waals surface area contributed by atoms with Crippen molar-refractivity contribution in [2.75, 3.05) is 13.7 Å². The van der Waals surface area contributed by atoms with Crippen LogP contribution in [0, 0.1) is 0 Å². The maximum atomic E-state index is 11.5. The Bertz CT molecular complexity index is 369. The molecule has 0 aliphatic heterocycles. The maximum absolute atomic E-state index is 11.5. The van der Waals surface area contributed by atoms with Crippen LogP contribution in [-0.2, 0) is 6.54 Å². The topological polar surface area (TPSA) is 63.2 Å². The van der Waals surface area contributed by atoms with E-state index in [2.05, 4.69) is 22.5 Å². The van der Waals surface area contributed by atoms with Gasteiger partial charge in [-0.3, -0.25) is 0 Å². The number of aromatic nitrogens is 1. The second-order valence-electron chi connectivity index (χ2n) is 3.99. The number of pyridine rings is 1. The third-order valence-corrected chi connectivity index (χ3v) is 2.55. The number of amides is 2. The first kappa shape index (κ1) is 14.3. The zero-order chi connectivity index (χ0) is 13.2. The van der Waals surface area contributed by atoms with Crippen LogP contribution in [-0.4, -0.2) is 24.7 Å². The summed E-state index contributed by atoms with van der Waals surface area (Å²) in [6.45, 7) is 3.26. The van der Waals surface area contributed by atoms with E-state index in [9.17, 15) is 4.79 Å². The highest BCUT2D eigenvalue weighted by atomic mass is 16.5. The standard InChI is InChI=1S/C13H21N3O2/c1-3-4-5-8-15-13(17)16-10-11-7-6-9-14-12(11)18-2/h6-7,9H,3-5,8,10H2,1-2H3,(H2,15,16,17). The fourth-order valence-corrected chi connectivity index (χ4v) is 1.56. The molecule has 0 aliphatic carbocycles. The molecule has 0 aromatic carbocycles. The molecule has 0 bridgehead atoms. The second-order valence-corrected chi connectivity index (χ2v) is 3.99. The molecule has 5 nitrogen and oxygen atoms in total. The number of carbonyl (C=O) groups excluding carboxylic acids is 1. The van der Waals surface area contributed by atoms with Crippen molar-refractivity contribution >= 4 is 6.03 Å². The highest BCUT2D eigenvalue weighted by Crippen LogP contribution is 2.12. The Morgan fingerprint density at radius 2 is 2.22 bits per heavy atom. The summed E-state index contributed by atoms with van der Waals surface area (Å²) in [4.78, 5) is 15.6. The summed E-state index contributed by atoms with van der Waals surface area (Å²) in [5.41, 5.74) is 0.865. The van der Waals surface area contributed by atoms with Crippen molar-refractivity contribution in [3.63, 3.8) is 0 Å². The Balaban J connectivity index is 2.29. The molecular formula is C13H21N3O2. The van der Waals surface area contributed by atoms with Gasteiger partial charge in [0.2, 0.25) is 5.88 Å². The number of rotatable bonds is 7. The predicted molar refractivity (Wildman–Crippen MR) is 70.6 cm³/mol. The fraction of sp³-hybridized carbons (Fsp3) is 0.538. The first-order valence-corrected chi connectivity index (χ1v) is 6.27. The lowest BCUT2D eigenvalue weighted by Gasteiger charge is -2.09. The lowest BCUT2D eigenvalue weighted by molar-refractivity contribution is 0.240. The quantitative estimate of drug-likeness (QED) is 0.729. The second kappa shape index (κ2) is 8.33. The van der Waals surface area contributed by atoms with E-state index in [1.807, 2.05) is 12.1 Å². The van der Waals surface area contributed by atoms with Crippen molar-refractivity contribution in [1.82, 2.24) is 15.6 Å². The van der Waals surface area contributed by atoms with E-state index < -0.39 is 0 Å². The largest absolute Gasteiger partial charge is 0.481 e. The fourth-order valence-electron chi connectivity index (χ4n) is 1.56. The van der Waals surface area contributed by atoms with E-state index in [1.54, 1.807) is 13.3 Å². The average molecular weight is 251 g/mol. The summed E-state index contributed by atoms with van der Waals surface area (Å²) in [5, 5.41) is 5.59. The number of methoxy groups -OCH3 is 1. The highest BCUT2D eigenvalue weighted by Gasteiger charge is 2.05. The molecule has 0 aliphatic rings. The Morgan fingerprint density at radius 3 is 2.94 bits per heavy atom. The van der Waals surface area contributed by atoms with E-state index >= 15 is 0 Å². The molecule has 0 atom stereocenters. The number of hydrogen-bond donors (Lipinski definition) is 2. The van der Waals surface area contributed by atoms with Crippen LogP contribution in [0.1, 0.15) is 31.7 Å². The van der Waals surface area contributed by atoms with Gasteiger partial charge in [-0.15, -0.1) is 0 Å². The zero-order valence-electron chi connectivity index (χ0n) is 11.0. The molecule has 1 aromatic heterocycles. The first-order chi connectivity index (χ1) is 8.77. The number of hydrogen-bond acceptors (Lipinski definition) is 3. The number of urea groups is 1. The number of nitrogens with one attached hydrogen (secondary N) is 2. The van der Waals surface area contributed by atoms with Gasteiger partial charge in [-0.2, -0.15) is 0 Å². The molecule has 1 heterocycles. The van der Waals surface area contributed by atoms with E-state index in [1.165, 1.54) is 0 Å². The summed E-state index contributed by atoms with van der Waals surface area (Å²) < 4.78 is 5.11. The Labute approximate surface area is 108 Å². The predicted octanol–water partition coefficient (Wildman–Crippen LogP) is 2.08. The molecule has 2 N–H and O–H groups in total. The maximum Gasteiger partial charge on any atom is 0.315 e. The molecule has 1 rings (SSSR count). The van der Waals surface area contributed by atoms with Crippen LogP contribution in [0.4, 0.5) is 4.79 Å². The molecule has 0 fully saturated rings. The molecule has 0 spiro atoms. The summed E-state index contributed by atoms with van der Waals surface area (Å²) in [5.74, 6) is 0.545. The Hall–Kier alpha value is -1.78. The molecule has 100 valence electrons. The first-order valence-electron chi connectivity index (χ1n) is 6.27. The molecular weight excluding hydrogens is 230 g/mol. The van der Waals surface area contributed by atoms with Crippen LogP contribution >= 0.6 is 0 Å². The highest BCUT2D eigenvalue weighted by molar-refractivity contribution is 5.73. The van der Waals surface area contributed by atoms with Gasteiger partial charge >= 0.3 is 6.03 Å². The third-order valence-electron chi connectivity index (χ3n) is 2.55. The van der Waals surface area contributed by atoms with Crippen LogP contribution in [0.15, 0.2) is 18.3 Å². The normalized spacial score (nSPS) is 9.89. The zero-order valence-corrected chi connectivity index (χ0v) is 11.0.